The molecule has 13 nitrogen and oxygen atoms in total. The third-order valence-corrected chi connectivity index (χ3v) is 9.42. The number of amides is 7. The first-order valence-electron chi connectivity index (χ1n) is 17.5. The lowest BCUT2D eigenvalue weighted by atomic mass is 9.80. The fraction of sp³-hybridized carbons (Fsp3) is 0.800. The molecule has 0 radical (unpaired) electrons. The molecule has 4 atom stereocenters. The zero-order valence-corrected chi connectivity index (χ0v) is 30.4. The van der Waals surface area contributed by atoms with E-state index >= 15 is 0 Å². The fourth-order valence-electron chi connectivity index (χ4n) is 6.17. The van der Waals surface area contributed by atoms with Crippen molar-refractivity contribution in [2.24, 2.45) is 16.2 Å². The molecule has 2 aliphatic heterocycles. The van der Waals surface area contributed by atoms with Crippen LogP contribution >= 0.6 is 0 Å². The number of ketones is 1. The van der Waals surface area contributed by atoms with Crippen molar-refractivity contribution in [1.82, 2.24) is 31.1 Å². The second kappa shape index (κ2) is 15.4. The maximum atomic E-state index is 14.1. The van der Waals surface area contributed by atoms with Crippen LogP contribution in [0.5, 0.6) is 0 Å². The molecule has 3 aliphatic rings. The number of nitrogens with zero attached hydrogens (tertiary/aromatic N) is 2. The third-order valence-electron chi connectivity index (χ3n) is 9.42. The minimum absolute atomic E-state index is 0.00374. The Morgan fingerprint density at radius 1 is 0.875 bits per heavy atom. The number of rotatable bonds is 13. The Labute approximate surface area is 285 Å². The lowest BCUT2D eigenvalue weighted by Crippen LogP contribution is -2.62. The number of Topliss-reactive ketones (excluding diaryl/α,β-unsaturated/α-hetero) is 1. The van der Waals surface area contributed by atoms with Gasteiger partial charge < -0.3 is 26.2 Å². The van der Waals surface area contributed by atoms with Gasteiger partial charge in [-0.05, 0) is 48.3 Å². The Kier molecular flexibility index (Phi) is 12.5. The van der Waals surface area contributed by atoms with Crippen LogP contribution in [0.1, 0.15) is 120 Å². The molecule has 270 valence electrons. The average molecular weight is 675 g/mol. The second-order valence-electron chi connectivity index (χ2n) is 16.8. The number of carbonyl (C=O) groups excluding carboxylic acids is 7. The minimum Gasteiger partial charge on any atom is -0.347 e. The van der Waals surface area contributed by atoms with Gasteiger partial charge in [0.1, 0.15) is 12.1 Å². The zero-order valence-electron chi connectivity index (χ0n) is 30.4. The summed E-state index contributed by atoms with van der Waals surface area (Å²) in [5.41, 5.74) is -1.71. The summed E-state index contributed by atoms with van der Waals surface area (Å²) >= 11 is 0. The molecule has 3 fully saturated rings. The van der Waals surface area contributed by atoms with Gasteiger partial charge in [-0.3, -0.25) is 33.7 Å². The summed E-state index contributed by atoms with van der Waals surface area (Å²) in [7, 11) is 0. The number of hydrogen-bond acceptors (Lipinski definition) is 7. The molecular formula is C35H58N6O7. The minimum atomic E-state index is -1.02. The predicted molar refractivity (Wildman–Crippen MR) is 180 cm³/mol. The first-order valence-corrected chi connectivity index (χ1v) is 17.5. The van der Waals surface area contributed by atoms with Crippen LogP contribution in [0.4, 0.5) is 4.79 Å². The topological polar surface area (TPSA) is 174 Å². The molecule has 48 heavy (non-hydrogen) atoms. The summed E-state index contributed by atoms with van der Waals surface area (Å²) in [6.07, 6.45) is 4.79. The van der Waals surface area contributed by atoms with Crippen molar-refractivity contribution in [2.45, 2.75) is 150 Å². The predicted octanol–water partition coefficient (Wildman–Crippen LogP) is 2.80. The molecule has 2 heterocycles. The van der Waals surface area contributed by atoms with Crippen LogP contribution in [0, 0.1) is 16.2 Å². The molecule has 0 aromatic rings. The number of nitrogens with one attached hydrogen (secondary N) is 4. The summed E-state index contributed by atoms with van der Waals surface area (Å²) in [6, 6.07) is -4.11. The van der Waals surface area contributed by atoms with Crippen LogP contribution in [-0.2, 0) is 28.8 Å². The van der Waals surface area contributed by atoms with Gasteiger partial charge in [0, 0.05) is 32.0 Å². The van der Waals surface area contributed by atoms with Crippen molar-refractivity contribution < 1.29 is 33.6 Å². The Bertz CT molecular complexity index is 1240. The first kappa shape index (κ1) is 38.9. The van der Waals surface area contributed by atoms with Crippen LogP contribution in [0.15, 0.2) is 0 Å². The number of imide groups is 1. The molecule has 0 aromatic carbocycles. The molecule has 0 spiro atoms. The standard InChI is InChI=1S/C35H58N6O7/c1-10-11-13-22(27(44)30(46)36-21-15-16-21)37-29(45)23-14-12-17-40(23)31(47)28(34(5,6)7)39-32(48)38-24(33(2,3)4)20-41-25(42)18-35(8,9)19-26(41)43/h21-24,28H,10-20H2,1-9H3,(H,36,46)(H,37,45)(H2,38,39,48)/t22?,23-,24+,28+/m0/s1. The fourth-order valence-corrected chi connectivity index (χ4v) is 6.17. The van der Waals surface area contributed by atoms with E-state index in [9.17, 15) is 33.6 Å². The molecule has 0 aromatic heterocycles. The molecule has 2 saturated heterocycles. The van der Waals surface area contributed by atoms with E-state index in [2.05, 4.69) is 21.3 Å². The summed E-state index contributed by atoms with van der Waals surface area (Å²) in [5, 5.41) is 11.2. The van der Waals surface area contributed by atoms with Crippen molar-refractivity contribution in [2.75, 3.05) is 13.1 Å². The Hall–Kier alpha value is -3.51. The lowest BCUT2D eigenvalue weighted by Gasteiger charge is -2.40. The Morgan fingerprint density at radius 2 is 1.48 bits per heavy atom. The highest BCUT2D eigenvalue weighted by Gasteiger charge is 2.44. The Morgan fingerprint density at radius 3 is 2.00 bits per heavy atom. The smallest absolute Gasteiger partial charge is 0.315 e. The maximum Gasteiger partial charge on any atom is 0.315 e. The van der Waals surface area contributed by atoms with Gasteiger partial charge in [-0.2, -0.15) is 0 Å². The van der Waals surface area contributed by atoms with Crippen molar-refractivity contribution in [1.29, 1.82) is 0 Å². The molecule has 4 N–H and O–H groups in total. The SMILES string of the molecule is CCCCC(NC(=O)[C@@H]1CCCN1C(=O)[C@@H](NC(=O)N[C@H](CN1C(=O)CC(C)(C)CC1=O)C(C)(C)C)C(C)(C)C)C(=O)C(=O)NC1CC1. The quantitative estimate of drug-likeness (QED) is 0.172. The van der Waals surface area contributed by atoms with E-state index in [0.29, 0.717) is 32.2 Å². The number of hydrogen-bond donors (Lipinski definition) is 4. The van der Waals surface area contributed by atoms with Crippen LogP contribution < -0.4 is 21.3 Å². The highest BCUT2D eigenvalue weighted by Crippen LogP contribution is 2.33. The van der Waals surface area contributed by atoms with Crippen molar-refractivity contribution in [3.8, 4) is 0 Å². The van der Waals surface area contributed by atoms with Crippen LogP contribution in [0.3, 0.4) is 0 Å². The van der Waals surface area contributed by atoms with Gasteiger partial charge in [0.25, 0.3) is 5.91 Å². The van der Waals surface area contributed by atoms with E-state index in [1.807, 2.05) is 62.3 Å². The zero-order chi connectivity index (χ0) is 36.2. The average Bonchev–Trinajstić information content (AvgIpc) is 3.63. The van der Waals surface area contributed by atoms with E-state index in [-0.39, 0.29) is 37.2 Å². The Balaban J connectivity index is 1.72. The van der Waals surface area contributed by atoms with E-state index in [1.165, 1.54) is 9.80 Å². The largest absolute Gasteiger partial charge is 0.347 e. The highest BCUT2D eigenvalue weighted by atomic mass is 16.2. The molecule has 13 heteroatoms. The van der Waals surface area contributed by atoms with Crippen LogP contribution in [0.25, 0.3) is 0 Å². The molecule has 1 aliphatic carbocycles. The number of carbonyl (C=O) groups is 7. The molecule has 1 unspecified atom stereocenters. The van der Waals surface area contributed by atoms with E-state index in [1.54, 1.807) is 0 Å². The molecule has 3 rings (SSSR count). The third kappa shape index (κ3) is 10.5. The van der Waals surface area contributed by atoms with Crippen LogP contribution in [-0.4, -0.2) is 94.4 Å². The highest BCUT2D eigenvalue weighted by molar-refractivity contribution is 6.38. The summed E-state index contributed by atoms with van der Waals surface area (Å²) in [6.45, 7) is 17.1. The summed E-state index contributed by atoms with van der Waals surface area (Å²) in [5.74, 6) is -2.89. The molecule has 0 bridgehead atoms. The number of urea groups is 1. The summed E-state index contributed by atoms with van der Waals surface area (Å²) < 4.78 is 0. The van der Waals surface area contributed by atoms with Crippen LogP contribution in [0.2, 0.25) is 0 Å². The van der Waals surface area contributed by atoms with E-state index < -0.39 is 69.9 Å². The van der Waals surface area contributed by atoms with Crippen molar-refractivity contribution >= 4 is 41.4 Å². The van der Waals surface area contributed by atoms with Gasteiger partial charge in [-0.25, -0.2) is 4.79 Å². The molecule has 7 amide bonds. The monoisotopic (exact) mass is 674 g/mol. The molecule has 1 saturated carbocycles. The normalized spacial score (nSPS) is 21.6. The van der Waals surface area contributed by atoms with Gasteiger partial charge in [0.15, 0.2) is 0 Å². The van der Waals surface area contributed by atoms with Gasteiger partial charge >= 0.3 is 6.03 Å². The second-order valence-corrected chi connectivity index (χ2v) is 16.8. The summed E-state index contributed by atoms with van der Waals surface area (Å²) in [4.78, 5) is 95.2. The lowest BCUT2D eigenvalue weighted by molar-refractivity contribution is -0.153. The number of unbranched alkanes of at least 4 members (excludes halogenated alkanes) is 1. The van der Waals surface area contributed by atoms with Gasteiger partial charge in [0.2, 0.25) is 29.4 Å². The van der Waals surface area contributed by atoms with Crippen molar-refractivity contribution in [3.63, 3.8) is 0 Å². The van der Waals surface area contributed by atoms with E-state index in [0.717, 1.165) is 19.3 Å². The number of piperidine rings is 1. The number of likely N-dealkylation sites (tertiary alicyclic amines) is 2. The maximum absolute atomic E-state index is 14.1. The van der Waals surface area contributed by atoms with Crippen molar-refractivity contribution in [3.05, 3.63) is 0 Å². The first-order chi connectivity index (χ1) is 22.1. The van der Waals surface area contributed by atoms with Gasteiger partial charge in [0.05, 0.1) is 12.1 Å². The van der Waals surface area contributed by atoms with E-state index in [4.69, 9.17) is 0 Å². The van der Waals surface area contributed by atoms with Gasteiger partial charge in [-0.15, -0.1) is 0 Å². The molecular weight excluding hydrogens is 616 g/mol. The van der Waals surface area contributed by atoms with Gasteiger partial charge in [-0.1, -0.05) is 75.2 Å².